The Morgan fingerprint density at radius 2 is 1.95 bits per heavy atom. The van der Waals surface area contributed by atoms with Crippen LogP contribution in [0.15, 0.2) is 55.9 Å². The number of rotatable bonds is 9. The molecule has 1 saturated heterocycles. The second-order valence-electron chi connectivity index (χ2n) is 9.86. The van der Waals surface area contributed by atoms with E-state index in [1.165, 1.54) is 17.7 Å². The molecular formula is C30H31BrN4O8S. The van der Waals surface area contributed by atoms with Crippen molar-refractivity contribution in [3.05, 3.63) is 87.0 Å². The number of hydrogen-bond acceptors (Lipinski definition) is 11. The number of thiazole rings is 1. The second kappa shape index (κ2) is 13.3. The molecular weight excluding hydrogens is 656 g/mol. The van der Waals surface area contributed by atoms with E-state index in [-0.39, 0.29) is 17.9 Å². The summed E-state index contributed by atoms with van der Waals surface area (Å²) >= 11 is 4.75. The maximum Gasteiger partial charge on any atom is 0.338 e. The Kier molecular flexibility index (Phi) is 9.51. The lowest BCUT2D eigenvalue weighted by Gasteiger charge is -2.28. The molecule has 0 saturated carbocycles. The second-order valence-corrected chi connectivity index (χ2v) is 11.7. The summed E-state index contributed by atoms with van der Waals surface area (Å²) in [7, 11) is 1.51. The van der Waals surface area contributed by atoms with Gasteiger partial charge in [0.1, 0.15) is 5.69 Å². The quantitative estimate of drug-likeness (QED) is 0.188. The largest absolute Gasteiger partial charge is 0.493 e. The van der Waals surface area contributed by atoms with E-state index in [9.17, 15) is 19.7 Å². The third kappa shape index (κ3) is 6.01. The zero-order chi connectivity index (χ0) is 31.5. The van der Waals surface area contributed by atoms with E-state index < -0.39 is 22.5 Å². The molecule has 3 heterocycles. The van der Waals surface area contributed by atoms with Gasteiger partial charge in [0, 0.05) is 23.6 Å². The molecule has 14 heteroatoms. The molecule has 1 fully saturated rings. The van der Waals surface area contributed by atoms with Crippen LogP contribution in [0.25, 0.3) is 6.08 Å². The predicted molar refractivity (Wildman–Crippen MR) is 168 cm³/mol. The highest BCUT2D eigenvalue weighted by molar-refractivity contribution is 9.10. The Labute approximate surface area is 265 Å². The number of carbonyl (C=O) groups excluding carboxylic acids is 1. The number of anilines is 1. The van der Waals surface area contributed by atoms with Gasteiger partial charge >= 0.3 is 5.97 Å². The van der Waals surface area contributed by atoms with Crippen LogP contribution in [0.4, 0.5) is 11.4 Å². The number of morpholine rings is 1. The molecule has 5 rings (SSSR count). The van der Waals surface area contributed by atoms with E-state index in [4.69, 9.17) is 18.9 Å². The molecule has 0 unspecified atom stereocenters. The normalized spacial score (nSPS) is 16.8. The van der Waals surface area contributed by atoms with E-state index in [0.29, 0.717) is 80.7 Å². The van der Waals surface area contributed by atoms with Crippen LogP contribution in [0.1, 0.15) is 37.9 Å². The molecule has 1 atom stereocenters. The lowest BCUT2D eigenvalue weighted by atomic mass is 9.95. The Bertz CT molecular complexity index is 1830. The summed E-state index contributed by atoms with van der Waals surface area (Å²) in [6.07, 6.45) is 1.61. The Morgan fingerprint density at radius 3 is 2.61 bits per heavy atom. The first-order valence-electron chi connectivity index (χ1n) is 14.0. The number of methoxy groups -OCH3 is 1. The van der Waals surface area contributed by atoms with Crippen molar-refractivity contribution in [2.24, 2.45) is 4.99 Å². The van der Waals surface area contributed by atoms with Crippen molar-refractivity contribution in [1.82, 2.24) is 4.57 Å². The van der Waals surface area contributed by atoms with E-state index >= 15 is 0 Å². The van der Waals surface area contributed by atoms with Gasteiger partial charge in [-0.25, -0.2) is 9.79 Å². The zero-order valence-electron chi connectivity index (χ0n) is 24.6. The average Bonchev–Trinajstić information content (AvgIpc) is 3.31. The van der Waals surface area contributed by atoms with E-state index in [0.717, 1.165) is 11.3 Å². The fourth-order valence-corrected chi connectivity index (χ4v) is 6.86. The minimum Gasteiger partial charge on any atom is -0.493 e. The standard InChI is InChI=1S/C30H31BrN4O8S/c1-5-42-24-16-20(31)19(15-23(24)40-4)27-26(29(37)43-6-2)17(3)32-30-34(27)28(36)25(44-30)14-18-7-8-21(22(13-18)35(38)39)33-9-11-41-12-10-33/h7-8,13-16,27H,5-6,9-12H2,1-4H3/b25-14-/t27-/m0/s1. The van der Waals surface area contributed by atoms with Gasteiger partial charge < -0.3 is 23.8 Å². The molecule has 1 aromatic heterocycles. The topological polar surface area (TPSA) is 135 Å². The van der Waals surface area contributed by atoms with Gasteiger partial charge in [0.25, 0.3) is 11.2 Å². The monoisotopic (exact) mass is 686 g/mol. The minimum atomic E-state index is -0.899. The Hall–Kier alpha value is -4.01. The summed E-state index contributed by atoms with van der Waals surface area (Å²) in [6, 6.07) is 7.47. The molecule has 2 aliphatic rings. The van der Waals surface area contributed by atoms with Gasteiger partial charge in [-0.3, -0.25) is 19.5 Å². The van der Waals surface area contributed by atoms with Gasteiger partial charge in [0.2, 0.25) is 0 Å². The maximum absolute atomic E-state index is 14.1. The summed E-state index contributed by atoms with van der Waals surface area (Å²) in [4.78, 5) is 45.9. The fourth-order valence-electron chi connectivity index (χ4n) is 5.27. The van der Waals surface area contributed by atoms with Crippen LogP contribution < -0.4 is 29.3 Å². The smallest absolute Gasteiger partial charge is 0.338 e. The molecule has 2 aromatic carbocycles. The molecule has 0 spiro atoms. The highest BCUT2D eigenvalue weighted by atomic mass is 79.9. The third-order valence-corrected chi connectivity index (χ3v) is 8.91. The predicted octanol–water partition coefficient (Wildman–Crippen LogP) is 3.71. The Morgan fingerprint density at radius 1 is 1.20 bits per heavy atom. The molecule has 232 valence electrons. The van der Waals surface area contributed by atoms with Gasteiger partial charge in [0.15, 0.2) is 16.3 Å². The number of nitro groups is 1. The van der Waals surface area contributed by atoms with Crippen molar-refractivity contribution in [1.29, 1.82) is 0 Å². The lowest BCUT2D eigenvalue weighted by Crippen LogP contribution is -2.40. The number of ether oxygens (including phenoxy) is 4. The van der Waals surface area contributed by atoms with Crippen LogP contribution in [-0.4, -0.2) is 62.1 Å². The van der Waals surface area contributed by atoms with Crippen molar-refractivity contribution in [3.8, 4) is 11.5 Å². The van der Waals surface area contributed by atoms with Crippen LogP contribution in [0, 0.1) is 10.1 Å². The molecule has 0 aliphatic carbocycles. The van der Waals surface area contributed by atoms with Crippen molar-refractivity contribution >= 4 is 50.7 Å². The number of halogens is 1. The molecule has 0 radical (unpaired) electrons. The first-order valence-corrected chi connectivity index (χ1v) is 15.6. The number of hydrogen-bond donors (Lipinski definition) is 0. The number of benzene rings is 2. The van der Waals surface area contributed by atoms with Crippen LogP contribution in [0.3, 0.4) is 0 Å². The maximum atomic E-state index is 14.1. The van der Waals surface area contributed by atoms with E-state index in [1.807, 2.05) is 11.8 Å². The summed E-state index contributed by atoms with van der Waals surface area (Å²) in [5, 5.41) is 12.0. The summed E-state index contributed by atoms with van der Waals surface area (Å²) in [5.74, 6) is 0.332. The van der Waals surface area contributed by atoms with Crippen molar-refractivity contribution in [2.75, 3.05) is 51.5 Å². The number of nitrogens with zero attached hydrogens (tertiary/aromatic N) is 4. The van der Waals surface area contributed by atoms with Gasteiger partial charge in [-0.2, -0.15) is 0 Å². The van der Waals surface area contributed by atoms with E-state index in [1.54, 1.807) is 44.2 Å². The highest BCUT2D eigenvalue weighted by Gasteiger charge is 2.35. The van der Waals surface area contributed by atoms with Crippen LogP contribution in [-0.2, 0) is 14.3 Å². The molecule has 44 heavy (non-hydrogen) atoms. The molecule has 2 aliphatic heterocycles. The van der Waals surface area contributed by atoms with E-state index in [2.05, 4.69) is 20.9 Å². The number of allylic oxidation sites excluding steroid dienone is 1. The van der Waals surface area contributed by atoms with Crippen LogP contribution >= 0.6 is 27.3 Å². The first kappa shape index (κ1) is 31.4. The highest BCUT2D eigenvalue weighted by Crippen LogP contribution is 2.41. The van der Waals surface area contributed by atoms with Crippen LogP contribution in [0.2, 0.25) is 0 Å². The fraction of sp³-hybridized carbons (Fsp3) is 0.367. The molecule has 0 bridgehead atoms. The van der Waals surface area contributed by atoms with Crippen LogP contribution in [0.5, 0.6) is 11.5 Å². The number of aromatic nitrogens is 1. The number of nitro benzene ring substituents is 1. The molecule has 3 aromatic rings. The summed E-state index contributed by atoms with van der Waals surface area (Å²) < 4.78 is 24.4. The number of fused-ring (bicyclic) bond motifs is 1. The lowest BCUT2D eigenvalue weighted by molar-refractivity contribution is -0.384. The zero-order valence-corrected chi connectivity index (χ0v) is 27.0. The summed E-state index contributed by atoms with van der Waals surface area (Å²) in [5.41, 5.74) is 1.71. The third-order valence-electron chi connectivity index (χ3n) is 7.24. The number of esters is 1. The van der Waals surface area contributed by atoms with Gasteiger partial charge in [-0.05, 0) is 56.2 Å². The average molecular weight is 688 g/mol. The molecule has 12 nitrogen and oxygen atoms in total. The SMILES string of the molecule is CCOC(=O)C1=C(C)N=c2s/c(=C\c3ccc(N4CCOCC4)c([N+](=O)[O-])c3)c(=O)n2[C@H]1c1cc(OC)c(OCC)cc1Br. The molecule has 0 amide bonds. The number of carbonyl (C=O) groups is 1. The van der Waals surface area contributed by atoms with Gasteiger partial charge in [-0.15, -0.1) is 0 Å². The van der Waals surface area contributed by atoms with Crippen molar-refractivity contribution < 1.29 is 28.7 Å². The first-order chi connectivity index (χ1) is 21.2. The molecule has 0 N–H and O–H groups in total. The summed E-state index contributed by atoms with van der Waals surface area (Å²) in [6.45, 7) is 7.89. The van der Waals surface area contributed by atoms with Gasteiger partial charge in [-0.1, -0.05) is 33.3 Å². The van der Waals surface area contributed by atoms with Gasteiger partial charge in [0.05, 0.1) is 60.3 Å². The Balaban J connectivity index is 1.68. The minimum absolute atomic E-state index is 0.0582. The van der Waals surface area contributed by atoms with Crippen molar-refractivity contribution in [3.63, 3.8) is 0 Å². The van der Waals surface area contributed by atoms with Crippen molar-refractivity contribution in [2.45, 2.75) is 26.8 Å².